The Bertz CT molecular complexity index is 1630. The van der Waals surface area contributed by atoms with Crippen LogP contribution < -0.4 is 11.4 Å². The number of aliphatic carboxylic acids is 1. The molecule has 0 spiro atoms. The van der Waals surface area contributed by atoms with Crippen LogP contribution in [-0.2, 0) is 17.9 Å². The molecule has 43 heavy (non-hydrogen) atoms. The Hall–Kier alpha value is -4.22. The fourth-order valence-electron chi connectivity index (χ4n) is 3.64. The van der Waals surface area contributed by atoms with E-state index in [9.17, 15) is 36.2 Å². The maximum Gasteiger partial charge on any atom is 0.490 e. The molecule has 11 nitrogen and oxygen atoms in total. The minimum atomic E-state index is -5.08. The average Bonchev–Trinajstić information content (AvgIpc) is 3.46. The lowest BCUT2D eigenvalue weighted by molar-refractivity contribution is -0.207. The van der Waals surface area contributed by atoms with Gasteiger partial charge in [-0.1, -0.05) is 29.8 Å². The molecular weight excluding hydrogens is 612 g/mol. The summed E-state index contributed by atoms with van der Waals surface area (Å²) in [6.45, 7) is 2.38. The Morgan fingerprint density at radius 3 is 2.14 bits per heavy atom. The molecule has 2 aromatic heterocycles. The summed E-state index contributed by atoms with van der Waals surface area (Å²) < 4.78 is 74.3. The number of hydrogen-bond donors (Lipinski definition) is 3. The van der Waals surface area contributed by atoms with Gasteiger partial charge in [0.05, 0.1) is 18.3 Å². The minimum Gasteiger partial charge on any atom is -0.475 e. The molecule has 2 aromatic carbocycles. The molecule has 4 aromatic rings. The van der Waals surface area contributed by atoms with Gasteiger partial charge in [0.1, 0.15) is 12.4 Å². The Morgan fingerprint density at radius 2 is 1.63 bits per heavy atom. The standard InChI is InChI=1S/C23H23ClF3N7O2.C2HF3O2/c1-13-5-3-4-6-17(13)34-20(14(2)28)29-19(30-34)12-33-22(36)32(11-18(35)23(25,26)27)21(31-33)15-7-9-16(24)10-8-15;3-2(4,5)1(6)7/h3-10,14,18,35H,11-12,28H2,1-2H3;(H,6,7). The van der Waals surface area contributed by atoms with Crippen molar-refractivity contribution in [2.75, 3.05) is 0 Å². The van der Waals surface area contributed by atoms with Crippen molar-refractivity contribution in [1.82, 2.24) is 29.1 Å². The normalized spacial score (nSPS) is 13.3. The summed E-state index contributed by atoms with van der Waals surface area (Å²) in [6.07, 6.45) is -12.8. The Morgan fingerprint density at radius 1 is 1.05 bits per heavy atom. The molecule has 4 N–H and O–H groups in total. The number of halogens is 7. The summed E-state index contributed by atoms with van der Waals surface area (Å²) in [7, 11) is 0. The van der Waals surface area contributed by atoms with E-state index in [0.717, 1.165) is 20.5 Å². The number of carboxylic acid groups (broad SMARTS) is 1. The highest BCUT2D eigenvalue weighted by atomic mass is 35.5. The van der Waals surface area contributed by atoms with E-state index in [2.05, 4.69) is 15.2 Å². The van der Waals surface area contributed by atoms with Crippen LogP contribution in [0, 0.1) is 6.92 Å². The Balaban J connectivity index is 0.000000646. The van der Waals surface area contributed by atoms with Crippen molar-refractivity contribution in [2.24, 2.45) is 5.73 Å². The molecule has 18 heteroatoms. The fourth-order valence-corrected chi connectivity index (χ4v) is 3.77. The number of aliphatic hydroxyl groups excluding tert-OH is 1. The molecule has 0 aliphatic carbocycles. The molecule has 4 rings (SSSR count). The summed E-state index contributed by atoms with van der Waals surface area (Å²) in [4.78, 5) is 26.5. The van der Waals surface area contributed by atoms with Gasteiger partial charge in [-0.05, 0) is 49.7 Å². The summed E-state index contributed by atoms with van der Waals surface area (Å²) >= 11 is 5.92. The van der Waals surface area contributed by atoms with Crippen molar-refractivity contribution >= 4 is 17.6 Å². The van der Waals surface area contributed by atoms with Gasteiger partial charge in [0, 0.05) is 10.6 Å². The first-order valence-corrected chi connectivity index (χ1v) is 12.5. The van der Waals surface area contributed by atoms with Gasteiger partial charge in [-0.2, -0.15) is 26.3 Å². The lowest BCUT2D eigenvalue weighted by atomic mass is 10.2. The highest BCUT2D eigenvalue weighted by Gasteiger charge is 2.39. The minimum absolute atomic E-state index is 0.0641. The van der Waals surface area contributed by atoms with E-state index in [1.165, 1.54) is 24.3 Å². The predicted octanol–water partition coefficient (Wildman–Crippen LogP) is 3.88. The second kappa shape index (κ2) is 13.0. The summed E-state index contributed by atoms with van der Waals surface area (Å²) in [5, 5.41) is 25.9. The summed E-state index contributed by atoms with van der Waals surface area (Å²) in [6, 6.07) is 13.0. The lowest BCUT2D eigenvalue weighted by Gasteiger charge is -2.15. The predicted molar refractivity (Wildman–Crippen MR) is 140 cm³/mol. The second-order valence-electron chi connectivity index (χ2n) is 9.11. The highest BCUT2D eigenvalue weighted by molar-refractivity contribution is 6.30. The zero-order chi connectivity index (χ0) is 32.3. The molecule has 0 fully saturated rings. The molecule has 0 radical (unpaired) electrons. The number of aromatic nitrogens is 6. The number of rotatable bonds is 7. The van der Waals surface area contributed by atoms with Crippen molar-refractivity contribution in [2.45, 2.75) is 51.4 Å². The van der Waals surface area contributed by atoms with Crippen LogP contribution in [0.15, 0.2) is 53.3 Å². The molecule has 0 amide bonds. The van der Waals surface area contributed by atoms with Gasteiger partial charge in [0.15, 0.2) is 17.8 Å². The zero-order valence-corrected chi connectivity index (χ0v) is 23.1. The first-order chi connectivity index (χ1) is 19.9. The lowest BCUT2D eigenvalue weighted by Crippen LogP contribution is -2.37. The fraction of sp³-hybridized carbons (Fsp3) is 0.320. The number of alkyl halides is 6. The molecule has 0 aliphatic heterocycles. The quantitative estimate of drug-likeness (QED) is 0.259. The Kier molecular flexibility index (Phi) is 10.0. The average molecular weight is 636 g/mol. The molecule has 232 valence electrons. The third kappa shape index (κ3) is 8.20. The molecule has 0 aliphatic rings. The van der Waals surface area contributed by atoms with Gasteiger partial charge in [0.25, 0.3) is 0 Å². The van der Waals surface area contributed by atoms with Crippen molar-refractivity contribution in [3.63, 3.8) is 0 Å². The molecule has 2 heterocycles. The summed E-state index contributed by atoms with van der Waals surface area (Å²) in [5.41, 5.74) is 7.24. The van der Waals surface area contributed by atoms with Gasteiger partial charge in [-0.25, -0.2) is 23.9 Å². The van der Waals surface area contributed by atoms with Gasteiger partial charge in [0.2, 0.25) is 0 Å². The van der Waals surface area contributed by atoms with E-state index in [-0.39, 0.29) is 18.2 Å². The largest absolute Gasteiger partial charge is 0.490 e. The van der Waals surface area contributed by atoms with Crippen LogP contribution in [0.1, 0.15) is 30.2 Å². The van der Waals surface area contributed by atoms with Gasteiger partial charge in [-0.3, -0.25) is 4.57 Å². The van der Waals surface area contributed by atoms with Gasteiger partial charge in [-0.15, -0.1) is 10.2 Å². The van der Waals surface area contributed by atoms with Gasteiger partial charge < -0.3 is 15.9 Å². The maximum absolute atomic E-state index is 13.1. The van der Waals surface area contributed by atoms with E-state index in [1.807, 2.05) is 31.2 Å². The van der Waals surface area contributed by atoms with E-state index >= 15 is 0 Å². The van der Waals surface area contributed by atoms with Crippen molar-refractivity contribution in [3.05, 3.63) is 81.3 Å². The van der Waals surface area contributed by atoms with Crippen molar-refractivity contribution < 1.29 is 41.4 Å². The first-order valence-electron chi connectivity index (χ1n) is 12.2. The smallest absolute Gasteiger partial charge is 0.475 e. The number of hydrogen-bond acceptors (Lipinski definition) is 7. The van der Waals surface area contributed by atoms with Crippen molar-refractivity contribution in [3.8, 4) is 17.1 Å². The van der Waals surface area contributed by atoms with Crippen LogP contribution in [-0.4, -0.2) is 63.8 Å². The zero-order valence-electron chi connectivity index (χ0n) is 22.3. The number of nitrogens with zero attached hydrogens (tertiary/aromatic N) is 6. The SMILES string of the molecule is Cc1ccccc1-n1nc(Cn2nc(-c3ccc(Cl)cc3)n(CC(O)C(F)(F)F)c2=O)nc1C(C)N.O=C(O)C(F)(F)F. The first kappa shape index (κ1) is 33.3. The topological polar surface area (TPSA) is 154 Å². The van der Waals surface area contributed by atoms with E-state index in [0.29, 0.717) is 16.4 Å². The number of benzene rings is 2. The molecule has 0 saturated heterocycles. The van der Waals surface area contributed by atoms with Crippen LogP contribution in [0.2, 0.25) is 5.02 Å². The number of nitrogens with two attached hydrogens (primary N) is 1. The number of aryl methyl sites for hydroxylation is 1. The Labute approximate surface area is 243 Å². The van der Waals surface area contributed by atoms with Crippen LogP contribution in [0.25, 0.3) is 17.1 Å². The maximum atomic E-state index is 13.1. The molecule has 0 saturated carbocycles. The summed E-state index contributed by atoms with van der Waals surface area (Å²) in [5.74, 6) is -2.19. The monoisotopic (exact) mass is 635 g/mol. The number of para-hydroxylation sites is 1. The third-order valence-corrected chi connectivity index (χ3v) is 5.97. The molecular formula is C25H24ClF6N7O4. The number of carboxylic acids is 1. The molecule has 2 atom stereocenters. The van der Waals surface area contributed by atoms with Crippen molar-refractivity contribution in [1.29, 1.82) is 0 Å². The number of aliphatic hydroxyl groups is 1. The van der Waals surface area contributed by atoms with E-state index < -0.39 is 42.7 Å². The van der Waals surface area contributed by atoms with Crippen LogP contribution >= 0.6 is 11.6 Å². The highest BCUT2D eigenvalue weighted by Crippen LogP contribution is 2.24. The molecule has 0 bridgehead atoms. The second-order valence-corrected chi connectivity index (χ2v) is 9.55. The number of carbonyl (C=O) groups is 1. The van der Waals surface area contributed by atoms with Crippen LogP contribution in [0.3, 0.4) is 0 Å². The van der Waals surface area contributed by atoms with Gasteiger partial charge >= 0.3 is 24.0 Å². The van der Waals surface area contributed by atoms with E-state index in [4.69, 9.17) is 27.2 Å². The van der Waals surface area contributed by atoms with Crippen LogP contribution in [0.5, 0.6) is 0 Å². The van der Waals surface area contributed by atoms with E-state index in [1.54, 1.807) is 11.6 Å². The molecule has 2 unspecified atom stereocenters. The third-order valence-electron chi connectivity index (χ3n) is 5.72. The van der Waals surface area contributed by atoms with Crippen LogP contribution in [0.4, 0.5) is 26.3 Å².